The van der Waals surface area contributed by atoms with Crippen LogP contribution in [-0.2, 0) is 33.4 Å². The van der Waals surface area contributed by atoms with E-state index < -0.39 is 6.04 Å². The van der Waals surface area contributed by atoms with Crippen LogP contribution in [-0.4, -0.2) is 87.5 Å². The van der Waals surface area contributed by atoms with E-state index in [4.69, 9.17) is 9.47 Å². The Labute approximate surface area is 380 Å². The average Bonchev–Trinajstić information content (AvgIpc) is 3.25. The molecule has 3 atom stereocenters. The third-order valence-electron chi connectivity index (χ3n) is 11.8. The summed E-state index contributed by atoms with van der Waals surface area (Å²) in [6, 6.07) is -0.473. The highest BCUT2D eigenvalue weighted by Gasteiger charge is 2.21. The molecule has 0 aromatic carbocycles. The van der Waals surface area contributed by atoms with Crippen molar-refractivity contribution in [2.45, 2.75) is 239 Å². The fourth-order valence-corrected chi connectivity index (χ4v) is 7.77. The Bertz CT molecular complexity index is 1100. The summed E-state index contributed by atoms with van der Waals surface area (Å²) in [6.07, 6.45) is 31.1. The third kappa shape index (κ3) is 37.8. The lowest BCUT2D eigenvalue weighted by Crippen LogP contribution is -2.50. The summed E-state index contributed by atoms with van der Waals surface area (Å²) in [5.74, 6) is -0.689. The van der Waals surface area contributed by atoms with Gasteiger partial charge in [-0.1, -0.05) is 156 Å². The fourth-order valence-electron chi connectivity index (χ4n) is 7.77. The molecule has 0 fully saturated rings. The first-order valence-electron chi connectivity index (χ1n) is 25.9. The molecule has 0 heterocycles. The Balaban J connectivity index is 4.89. The fraction of sp³-hybridized carbons (Fsp3) is 0.902. The molecule has 0 aliphatic heterocycles. The summed E-state index contributed by atoms with van der Waals surface area (Å²) in [6.45, 7) is 10.6. The summed E-state index contributed by atoms with van der Waals surface area (Å²) in [5.41, 5.74) is 0. The van der Waals surface area contributed by atoms with Crippen LogP contribution >= 0.6 is 0 Å². The van der Waals surface area contributed by atoms with E-state index in [9.17, 15) is 24.0 Å². The first-order valence-corrected chi connectivity index (χ1v) is 25.9. The lowest BCUT2D eigenvalue weighted by Gasteiger charge is -2.20. The number of unbranched alkanes of at least 4 members (excludes halogenated alkanes) is 18. The van der Waals surface area contributed by atoms with Gasteiger partial charge in [0.15, 0.2) is 0 Å². The highest BCUT2D eigenvalue weighted by molar-refractivity contribution is 5.78. The van der Waals surface area contributed by atoms with Crippen molar-refractivity contribution in [2.75, 3.05) is 46.9 Å². The van der Waals surface area contributed by atoms with E-state index in [0.717, 1.165) is 83.6 Å². The van der Waals surface area contributed by atoms with E-state index in [1.807, 2.05) is 19.0 Å². The molecule has 364 valence electrons. The number of hydrogen-bond donors (Lipinski definition) is 3. The van der Waals surface area contributed by atoms with Crippen molar-refractivity contribution in [3.63, 3.8) is 0 Å². The van der Waals surface area contributed by atoms with Crippen LogP contribution in [0.2, 0.25) is 0 Å². The van der Waals surface area contributed by atoms with Crippen molar-refractivity contribution in [1.82, 2.24) is 20.9 Å². The molecule has 11 nitrogen and oxygen atoms in total. The Kier molecular flexibility index (Phi) is 41.7. The minimum Gasteiger partial charge on any atom is -0.465 e. The highest BCUT2D eigenvalue weighted by atomic mass is 16.5. The Morgan fingerprint density at radius 1 is 0.419 bits per heavy atom. The van der Waals surface area contributed by atoms with Crippen LogP contribution in [0.4, 0.5) is 0 Å². The van der Waals surface area contributed by atoms with Gasteiger partial charge in [0, 0.05) is 32.4 Å². The number of rotatable bonds is 45. The summed E-state index contributed by atoms with van der Waals surface area (Å²) in [7, 11) is 3.94. The molecule has 11 heteroatoms. The number of nitrogens with zero attached hydrogens (tertiary/aromatic N) is 1. The van der Waals surface area contributed by atoms with Crippen molar-refractivity contribution in [1.29, 1.82) is 0 Å². The molecule has 3 N–H and O–H groups in total. The molecule has 0 rings (SSSR count). The monoisotopic (exact) mass is 879 g/mol. The summed E-state index contributed by atoms with van der Waals surface area (Å²) in [5, 5.41) is 8.86. The molecular weight excluding hydrogens is 781 g/mol. The van der Waals surface area contributed by atoms with Crippen LogP contribution in [0, 0.1) is 11.8 Å². The Morgan fingerprint density at radius 2 is 0.758 bits per heavy atom. The predicted octanol–water partition coefficient (Wildman–Crippen LogP) is 11.1. The molecule has 0 spiro atoms. The van der Waals surface area contributed by atoms with Gasteiger partial charge in [-0.15, -0.1) is 0 Å². The smallest absolute Gasteiger partial charge is 0.308 e. The van der Waals surface area contributed by atoms with Crippen LogP contribution in [0.5, 0.6) is 0 Å². The van der Waals surface area contributed by atoms with E-state index in [-0.39, 0.29) is 67.4 Å². The lowest BCUT2D eigenvalue weighted by atomic mass is 9.94. The molecule has 3 amide bonds. The summed E-state index contributed by atoms with van der Waals surface area (Å²) < 4.78 is 11.4. The van der Waals surface area contributed by atoms with E-state index in [1.165, 1.54) is 83.5 Å². The first-order chi connectivity index (χ1) is 30.1. The second-order valence-corrected chi connectivity index (χ2v) is 18.2. The molecule has 62 heavy (non-hydrogen) atoms. The summed E-state index contributed by atoms with van der Waals surface area (Å²) >= 11 is 0. The topological polar surface area (TPSA) is 143 Å². The second kappa shape index (κ2) is 43.6. The van der Waals surface area contributed by atoms with Crippen LogP contribution in [0.3, 0.4) is 0 Å². The molecule has 0 saturated carbocycles. The zero-order valence-electron chi connectivity index (χ0n) is 41.2. The van der Waals surface area contributed by atoms with Crippen molar-refractivity contribution < 1.29 is 33.4 Å². The second-order valence-electron chi connectivity index (χ2n) is 18.2. The van der Waals surface area contributed by atoms with Gasteiger partial charge in [0.05, 0.1) is 31.1 Å². The normalized spacial score (nSPS) is 12.8. The Hall–Kier alpha value is -2.69. The quantitative estimate of drug-likeness (QED) is 0.0405. The zero-order chi connectivity index (χ0) is 45.9. The van der Waals surface area contributed by atoms with E-state index in [2.05, 4.69) is 43.6 Å². The van der Waals surface area contributed by atoms with Crippen molar-refractivity contribution in [3.05, 3.63) is 0 Å². The molecule has 0 saturated heterocycles. The van der Waals surface area contributed by atoms with Gasteiger partial charge in [0.25, 0.3) is 0 Å². The highest BCUT2D eigenvalue weighted by Crippen LogP contribution is 2.22. The minimum absolute atomic E-state index is 0.0401. The van der Waals surface area contributed by atoms with Crippen LogP contribution < -0.4 is 16.0 Å². The van der Waals surface area contributed by atoms with Gasteiger partial charge in [0.1, 0.15) is 0 Å². The van der Waals surface area contributed by atoms with Crippen molar-refractivity contribution in [3.8, 4) is 0 Å². The van der Waals surface area contributed by atoms with Gasteiger partial charge in [-0.25, -0.2) is 0 Å². The lowest BCUT2D eigenvalue weighted by molar-refractivity contribution is -0.150. The maximum Gasteiger partial charge on any atom is 0.308 e. The molecule has 0 aromatic rings. The van der Waals surface area contributed by atoms with Gasteiger partial charge in [0.2, 0.25) is 17.7 Å². The Morgan fingerprint density at radius 3 is 1.15 bits per heavy atom. The maximum absolute atomic E-state index is 13.0. The van der Waals surface area contributed by atoms with Crippen molar-refractivity contribution >= 4 is 29.7 Å². The number of carbonyl (C=O) groups is 5. The zero-order valence-corrected chi connectivity index (χ0v) is 41.2. The number of esters is 2. The summed E-state index contributed by atoms with van der Waals surface area (Å²) in [4.78, 5) is 66.5. The van der Waals surface area contributed by atoms with Crippen LogP contribution in [0.25, 0.3) is 0 Å². The minimum atomic E-state index is -0.473. The first kappa shape index (κ1) is 59.3. The maximum atomic E-state index is 13.0. The number of nitrogens with one attached hydrogen (secondary N) is 3. The number of ether oxygens (including phenoxy) is 2. The van der Waals surface area contributed by atoms with E-state index in [0.29, 0.717) is 45.3 Å². The van der Waals surface area contributed by atoms with Gasteiger partial charge < -0.3 is 30.3 Å². The number of hydrogen-bond acceptors (Lipinski definition) is 8. The predicted molar refractivity (Wildman–Crippen MR) is 256 cm³/mol. The van der Waals surface area contributed by atoms with Gasteiger partial charge in [-0.2, -0.15) is 0 Å². The van der Waals surface area contributed by atoms with Crippen LogP contribution in [0.1, 0.15) is 233 Å². The number of amides is 3. The van der Waals surface area contributed by atoms with Crippen LogP contribution in [0.15, 0.2) is 0 Å². The molecule has 3 unspecified atom stereocenters. The largest absolute Gasteiger partial charge is 0.465 e. The molecule has 0 bridgehead atoms. The molecule has 0 aliphatic rings. The van der Waals surface area contributed by atoms with Gasteiger partial charge in [-0.3, -0.25) is 24.0 Å². The molecule has 0 aliphatic carbocycles. The third-order valence-corrected chi connectivity index (χ3v) is 11.8. The molecule has 0 radical (unpaired) electrons. The van der Waals surface area contributed by atoms with Gasteiger partial charge in [-0.05, 0) is 78.4 Å². The standard InChI is InChI=1S/C51H98N4O7/c1-7-11-15-19-21-25-34-44(32-23-17-13-9-3)50(59)61-40-29-27-36-47(56)52-42-46(43-53-48(57)38-31-39-55(5)6)54-49(58)37-28-30-41-62-51(60)45(33-24-18-14-10-4)35-26-22-20-16-12-8-2/h44-46H,7-43H2,1-6H3,(H,52,56)(H,53,57)(H,54,58). The molecular formula is C51H98N4O7. The van der Waals surface area contributed by atoms with E-state index >= 15 is 0 Å². The van der Waals surface area contributed by atoms with Crippen molar-refractivity contribution in [2.24, 2.45) is 11.8 Å². The average molecular weight is 879 g/mol. The molecule has 0 aromatic heterocycles. The SMILES string of the molecule is CCCCCCCCC(CCCCCC)C(=O)OCCCCC(=O)NCC(CNC(=O)CCCN(C)C)NC(=O)CCCCOC(=O)C(CCCCCC)CCCCCCCC. The number of carbonyl (C=O) groups excluding carboxylic acids is 5. The van der Waals surface area contributed by atoms with Gasteiger partial charge >= 0.3 is 11.9 Å². The van der Waals surface area contributed by atoms with E-state index in [1.54, 1.807) is 0 Å².